The van der Waals surface area contributed by atoms with Crippen LogP contribution in [0.5, 0.6) is 0 Å². The second-order valence-electron chi connectivity index (χ2n) is 6.21. The van der Waals surface area contributed by atoms with E-state index in [1.807, 2.05) is 16.9 Å². The average molecular weight is 598 g/mol. The smallest absolute Gasteiger partial charge is 0.377 e. The van der Waals surface area contributed by atoms with Crippen molar-refractivity contribution in [3.8, 4) is 0 Å². The lowest BCUT2D eigenvalue weighted by molar-refractivity contribution is 0.123. The van der Waals surface area contributed by atoms with E-state index in [9.17, 15) is 0 Å². The maximum absolute atomic E-state index is 5.53. The van der Waals surface area contributed by atoms with Gasteiger partial charge >= 0.3 is 8.80 Å². The van der Waals surface area contributed by atoms with E-state index in [1.54, 1.807) is 92.6 Å². The molecule has 174 valence electrons. The van der Waals surface area contributed by atoms with Crippen molar-refractivity contribution in [1.29, 1.82) is 0 Å². The Kier molecular flexibility index (Phi) is 13.0. The summed E-state index contributed by atoms with van der Waals surface area (Å²) in [6.07, 6.45) is 1.96. The lowest BCUT2D eigenvalue weighted by atomic mass is 10.1. The number of hydrogen-bond acceptors (Lipinski definition) is 12. The number of rotatable bonds is 15. The Balaban J connectivity index is 1.34. The summed E-state index contributed by atoms with van der Waals surface area (Å²) in [6.45, 7) is 0. The predicted octanol–water partition coefficient (Wildman–Crippen LogP) is 9.15. The highest BCUT2D eigenvalue weighted by Gasteiger charge is 2.36. The fourth-order valence-corrected chi connectivity index (χ4v) is 20.0. The highest BCUT2D eigenvalue weighted by atomic mass is 33.9. The maximum Gasteiger partial charge on any atom is 0.500 e. The fraction of sp³-hybridized carbons (Fsp3) is 0.316. The van der Waals surface area contributed by atoms with Crippen LogP contribution in [-0.2, 0) is 19.7 Å². The van der Waals surface area contributed by atoms with E-state index < -0.39 is 8.80 Å². The van der Waals surface area contributed by atoms with Gasteiger partial charge < -0.3 is 13.3 Å². The summed E-state index contributed by atoms with van der Waals surface area (Å²) < 4.78 is 18.9. The van der Waals surface area contributed by atoms with Gasteiger partial charge in [0.1, 0.15) is 0 Å². The molecule has 3 aromatic rings. The van der Waals surface area contributed by atoms with E-state index in [1.165, 1.54) is 15.2 Å². The molecule has 0 spiro atoms. The van der Waals surface area contributed by atoms with Gasteiger partial charge in [0.2, 0.25) is 0 Å². The van der Waals surface area contributed by atoms with Crippen molar-refractivity contribution in [2.24, 2.45) is 0 Å². The summed E-state index contributed by atoms with van der Waals surface area (Å²) in [6, 6.07) is 17.7. The highest BCUT2D eigenvalue weighted by molar-refractivity contribution is 9.46. The number of para-hydroxylation sites is 1. The van der Waals surface area contributed by atoms with Crippen molar-refractivity contribution in [3.63, 3.8) is 0 Å². The van der Waals surface area contributed by atoms with Crippen LogP contribution in [0.2, 0.25) is 6.04 Å². The first-order chi connectivity index (χ1) is 15.7. The van der Waals surface area contributed by atoms with Gasteiger partial charge in [-0.2, -0.15) is 0 Å². The summed E-state index contributed by atoms with van der Waals surface area (Å²) in [5, 5.41) is 0. The third-order valence-electron chi connectivity index (χ3n) is 4.45. The molecular formula is C19H23NO3S8Si. The van der Waals surface area contributed by atoms with E-state index in [4.69, 9.17) is 13.3 Å². The molecule has 0 radical (unpaired) electrons. The number of hydrogen-bond donors (Lipinski definition) is 0. The lowest BCUT2D eigenvalue weighted by Gasteiger charge is -2.24. The van der Waals surface area contributed by atoms with Crippen LogP contribution in [0.25, 0.3) is 10.2 Å². The summed E-state index contributed by atoms with van der Waals surface area (Å²) in [4.78, 5) is 5.96. The Morgan fingerprint density at radius 2 is 1.47 bits per heavy atom. The van der Waals surface area contributed by atoms with E-state index in [2.05, 4.69) is 47.4 Å². The molecule has 3 rings (SSSR count). The normalized spacial score (nSPS) is 12.0. The first kappa shape index (κ1) is 27.5. The van der Waals surface area contributed by atoms with Gasteiger partial charge in [-0.25, -0.2) is 4.98 Å². The van der Waals surface area contributed by atoms with Gasteiger partial charge in [0.05, 0.1) is 10.2 Å². The molecule has 13 heteroatoms. The van der Waals surface area contributed by atoms with E-state index in [-0.39, 0.29) is 0 Å². The van der Waals surface area contributed by atoms with Gasteiger partial charge in [-0.15, -0.1) is 11.3 Å². The molecule has 0 fully saturated rings. The zero-order valence-electron chi connectivity index (χ0n) is 17.7. The second-order valence-corrected chi connectivity index (χ2v) is 21.6. The third kappa shape index (κ3) is 8.52. The standard InChI is InChI=1S/C19H23NO3S8Si/c1-21-32(22-2,23-3)14-8-10-15-9-4-6-12-17(15)25-27-29-31-30-28-26-19-20-16-11-5-7-13-18(16)24-19/h4-7,9,11-13H,8,10,14H2,1-3H3. The maximum atomic E-state index is 5.53. The largest absolute Gasteiger partial charge is 0.500 e. The Labute approximate surface area is 221 Å². The quantitative estimate of drug-likeness (QED) is 0.0956. The molecular weight excluding hydrogens is 575 g/mol. The average Bonchev–Trinajstić information content (AvgIpc) is 3.25. The van der Waals surface area contributed by atoms with Gasteiger partial charge in [0.25, 0.3) is 0 Å². The molecule has 0 aliphatic heterocycles. The van der Waals surface area contributed by atoms with Crippen LogP contribution in [0.3, 0.4) is 0 Å². The topological polar surface area (TPSA) is 40.6 Å². The molecule has 2 aromatic carbocycles. The zero-order chi connectivity index (χ0) is 22.7. The summed E-state index contributed by atoms with van der Waals surface area (Å²) in [5.74, 6) is 0. The Morgan fingerprint density at radius 3 is 2.22 bits per heavy atom. The van der Waals surface area contributed by atoms with Crippen molar-refractivity contribution in [3.05, 3.63) is 54.1 Å². The van der Waals surface area contributed by atoms with E-state index >= 15 is 0 Å². The van der Waals surface area contributed by atoms with Gasteiger partial charge in [-0.1, -0.05) is 30.3 Å². The minimum Gasteiger partial charge on any atom is -0.377 e. The monoisotopic (exact) mass is 597 g/mol. The summed E-state index contributed by atoms with van der Waals surface area (Å²) >= 11 is 1.75. The van der Waals surface area contributed by atoms with Gasteiger partial charge in [-0.3, -0.25) is 0 Å². The van der Waals surface area contributed by atoms with Crippen LogP contribution >= 0.6 is 82.1 Å². The molecule has 0 bridgehead atoms. The number of aryl methyl sites for hydroxylation is 1. The summed E-state index contributed by atoms with van der Waals surface area (Å²) in [7, 11) is 15.0. The molecule has 0 saturated heterocycles. The second kappa shape index (κ2) is 15.1. The van der Waals surface area contributed by atoms with Crippen molar-refractivity contribution < 1.29 is 13.3 Å². The van der Waals surface area contributed by atoms with E-state index in [0.29, 0.717) is 0 Å². The van der Waals surface area contributed by atoms with Gasteiger partial charge in [0.15, 0.2) is 4.34 Å². The molecule has 0 aliphatic rings. The van der Waals surface area contributed by atoms with Crippen molar-refractivity contribution in [2.75, 3.05) is 21.3 Å². The SMILES string of the molecule is CO[Si](CCCc1ccccc1SSSSSSSc1nc2ccccc2s1)(OC)OC. The molecule has 0 aliphatic carbocycles. The Morgan fingerprint density at radius 1 is 0.812 bits per heavy atom. The zero-order valence-corrected chi connectivity index (χ0v) is 25.2. The Bertz CT molecular complexity index is 918. The predicted molar refractivity (Wildman–Crippen MR) is 156 cm³/mol. The number of aromatic nitrogens is 1. The third-order valence-corrected chi connectivity index (χ3v) is 21.4. The number of nitrogens with zero attached hydrogens (tertiary/aromatic N) is 1. The van der Waals surface area contributed by atoms with Crippen LogP contribution in [0.1, 0.15) is 12.0 Å². The molecule has 0 atom stereocenters. The van der Waals surface area contributed by atoms with Crippen LogP contribution < -0.4 is 0 Å². The van der Waals surface area contributed by atoms with Crippen molar-refractivity contribution in [2.45, 2.75) is 28.1 Å². The van der Waals surface area contributed by atoms with Crippen LogP contribution in [0, 0.1) is 0 Å². The van der Waals surface area contributed by atoms with Gasteiger partial charge in [0, 0.05) is 32.3 Å². The van der Waals surface area contributed by atoms with E-state index in [0.717, 1.165) is 28.7 Å². The number of thiazole rings is 1. The Hall–Kier alpha value is 0.877. The van der Waals surface area contributed by atoms with Crippen molar-refractivity contribution in [1.82, 2.24) is 4.98 Å². The highest BCUT2D eigenvalue weighted by Crippen LogP contribution is 2.57. The van der Waals surface area contributed by atoms with Crippen molar-refractivity contribution >= 4 is 101 Å². The van der Waals surface area contributed by atoms with Crippen LogP contribution in [0.15, 0.2) is 57.8 Å². The first-order valence-electron chi connectivity index (χ1n) is 9.46. The molecule has 0 saturated carbocycles. The lowest BCUT2D eigenvalue weighted by Crippen LogP contribution is -2.42. The van der Waals surface area contributed by atoms with Gasteiger partial charge in [-0.05, 0) is 107 Å². The fourth-order valence-electron chi connectivity index (χ4n) is 2.86. The first-order valence-corrected chi connectivity index (χ1v) is 21.0. The molecule has 1 aromatic heterocycles. The summed E-state index contributed by atoms with van der Waals surface area (Å²) in [5.41, 5.74) is 2.44. The minimum atomic E-state index is -2.50. The van der Waals surface area contributed by atoms with Crippen LogP contribution in [0.4, 0.5) is 0 Å². The number of benzene rings is 2. The molecule has 0 N–H and O–H groups in total. The molecule has 0 amide bonds. The molecule has 1 heterocycles. The molecule has 4 nitrogen and oxygen atoms in total. The van der Waals surface area contributed by atoms with Crippen LogP contribution in [-0.4, -0.2) is 35.1 Å². The molecule has 0 unspecified atom stereocenters. The number of fused-ring (bicyclic) bond motifs is 1. The molecule has 32 heavy (non-hydrogen) atoms. The minimum absolute atomic E-state index is 0.813.